The van der Waals surface area contributed by atoms with Gasteiger partial charge >= 0.3 is 6.03 Å². The van der Waals surface area contributed by atoms with E-state index in [0.29, 0.717) is 19.1 Å². The molecule has 3 rings (SSSR count). The Bertz CT molecular complexity index is 601. The molecule has 142 valence electrons. The highest BCUT2D eigenvalue weighted by molar-refractivity contribution is 5.90. The quantitative estimate of drug-likeness (QED) is 0.850. The van der Waals surface area contributed by atoms with Gasteiger partial charge in [0.05, 0.1) is 5.92 Å². The van der Waals surface area contributed by atoms with Gasteiger partial charge in [0.25, 0.3) is 0 Å². The van der Waals surface area contributed by atoms with Crippen molar-refractivity contribution < 1.29 is 9.59 Å². The van der Waals surface area contributed by atoms with Gasteiger partial charge in [0, 0.05) is 37.9 Å². The van der Waals surface area contributed by atoms with Gasteiger partial charge in [-0.1, -0.05) is 25.1 Å². The van der Waals surface area contributed by atoms with Gasteiger partial charge in [0.1, 0.15) is 0 Å². The minimum atomic E-state index is -0.113. The predicted octanol–water partition coefficient (Wildman–Crippen LogP) is 2.53. The average Bonchev–Trinajstić information content (AvgIpc) is 3.21. The predicted molar refractivity (Wildman–Crippen MR) is 103 cm³/mol. The van der Waals surface area contributed by atoms with Crippen molar-refractivity contribution >= 4 is 17.6 Å². The van der Waals surface area contributed by atoms with Gasteiger partial charge < -0.3 is 20.4 Å². The number of para-hydroxylation sites is 1. The lowest BCUT2D eigenvalue weighted by Gasteiger charge is -2.37. The van der Waals surface area contributed by atoms with E-state index in [-0.39, 0.29) is 17.9 Å². The van der Waals surface area contributed by atoms with Gasteiger partial charge in [0.15, 0.2) is 0 Å². The van der Waals surface area contributed by atoms with Crippen LogP contribution in [-0.4, -0.2) is 60.5 Å². The maximum absolute atomic E-state index is 13.1. The average molecular weight is 358 g/mol. The second-order valence-corrected chi connectivity index (χ2v) is 7.26. The zero-order valence-electron chi connectivity index (χ0n) is 15.6. The van der Waals surface area contributed by atoms with Crippen molar-refractivity contribution in [2.24, 2.45) is 5.92 Å². The molecule has 2 saturated heterocycles. The summed E-state index contributed by atoms with van der Waals surface area (Å²) >= 11 is 0. The number of hydrogen-bond donors (Lipinski definition) is 2. The lowest BCUT2D eigenvalue weighted by molar-refractivity contribution is -0.139. The molecule has 26 heavy (non-hydrogen) atoms. The van der Waals surface area contributed by atoms with Crippen molar-refractivity contribution in [2.45, 2.75) is 38.6 Å². The topological polar surface area (TPSA) is 64.7 Å². The van der Waals surface area contributed by atoms with Crippen LogP contribution in [0, 0.1) is 5.92 Å². The summed E-state index contributed by atoms with van der Waals surface area (Å²) in [6, 6.07) is 9.66. The molecule has 0 bridgehead atoms. The Hall–Kier alpha value is -2.08. The second kappa shape index (κ2) is 9.03. The van der Waals surface area contributed by atoms with Gasteiger partial charge in [-0.15, -0.1) is 0 Å². The number of nitrogens with one attached hydrogen (secondary N) is 2. The molecule has 2 N–H and O–H groups in total. The summed E-state index contributed by atoms with van der Waals surface area (Å²) in [6.07, 6.45) is 3.74. The Morgan fingerprint density at radius 1 is 1.27 bits per heavy atom. The fourth-order valence-corrected chi connectivity index (χ4v) is 3.94. The zero-order valence-corrected chi connectivity index (χ0v) is 15.6. The smallest absolute Gasteiger partial charge is 0.321 e. The van der Waals surface area contributed by atoms with Crippen LogP contribution in [0.25, 0.3) is 0 Å². The van der Waals surface area contributed by atoms with E-state index < -0.39 is 0 Å². The third-order valence-electron chi connectivity index (χ3n) is 5.31. The molecule has 0 aliphatic carbocycles. The number of piperidine rings is 1. The molecule has 0 spiro atoms. The maximum Gasteiger partial charge on any atom is 0.321 e. The molecule has 2 aliphatic heterocycles. The third kappa shape index (κ3) is 4.55. The molecule has 0 aromatic heterocycles. The van der Waals surface area contributed by atoms with Gasteiger partial charge in [-0.05, 0) is 44.4 Å². The van der Waals surface area contributed by atoms with Gasteiger partial charge in [-0.3, -0.25) is 4.79 Å². The van der Waals surface area contributed by atoms with Crippen molar-refractivity contribution in [3.63, 3.8) is 0 Å². The van der Waals surface area contributed by atoms with E-state index in [0.717, 1.165) is 51.0 Å². The number of urea groups is 1. The number of nitrogens with zero attached hydrogens (tertiary/aromatic N) is 2. The lowest BCUT2D eigenvalue weighted by Crippen LogP contribution is -2.51. The number of likely N-dealkylation sites (tertiary alicyclic amines) is 1. The Morgan fingerprint density at radius 3 is 2.77 bits per heavy atom. The van der Waals surface area contributed by atoms with E-state index in [9.17, 15) is 9.59 Å². The molecule has 6 nitrogen and oxygen atoms in total. The Balaban J connectivity index is 1.61. The highest BCUT2D eigenvalue weighted by Crippen LogP contribution is 2.22. The number of carbonyl (C=O) groups is 2. The van der Waals surface area contributed by atoms with E-state index >= 15 is 0 Å². The fraction of sp³-hybridized carbons (Fsp3) is 0.600. The Labute approximate surface area is 155 Å². The van der Waals surface area contributed by atoms with Crippen molar-refractivity contribution in [1.82, 2.24) is 15.1 Å². The number of rotatable bonds is 5. The maximum atomic E-state index is 13.1. The molecule has 3 amide bonds. The molecule has 2 heterocycles. The minimum absolute atomic E-state index is 0.0857. The van der Waals surface area contributed by atoms with E-state index in [2.05, 4.69) is 22.5 Å². The van der Waals surface area contributed by atoms with Crippen LogP contribution in [0.5, 0.6) is 0 Å². The number of benzene rings is 1. The molecule has 1 aromatic carbocycles. The molecular formula is C20H30N4O2. The largest absolute Gasteiger partial charge is 0.338 e. The van der Waals surface area contributed by atoms with E-state index in [1.54, 1.807) is 4.90 Å². The van der Waals surface area contributed by atoms with E-state index in [4.69, 9.17) is 0 Å². The molecule has 2 fully saturated rings. The molecule has 2 aliphatic rings. The minimum Gasteiger partial charge on any atom is -0.338 e. The second-order valence-electron chi connectivity index (χ2n) is 7.26. The number of carbonyl (C=O) groups excluding carboxylic acids is 2. The number of anilines is 1. The summed E-state index contributed by atoms with van der Waals surface area (Å²) < 4.78 is 0. The Kier molecular flexibility index (Phi) is 6.50. The molecule has 0 saturated carbocycles. The summed E-state index contributed by atoms with van der Waals surface area (Å²) in [4.78, 5) is 29.6. The SMILES string of the molecule is CCCN(C(=O)C1CCCN(C(=O)Nc2ccccc2)C1)C1CCNC1. The van der Waals surface area contributed by atoms with Crippen molar-refractivity contribution in [1.29, 1.82) is 0 Å². The van der Waals surface area contributed by atoms with Crippen LogP contribution in [0.1, 0.15) is 32.6 Å². The first-order valence-electron chi connectivity index (χ1n) is 9.81. The van der Waals surface area contributed by atoms with Crippen molar-refractivity contribution in [3.05, 3.63) is 30.3 Å². The van der Waals surface area contributed by atoms with E-state index in [1.165, 1.54) is 0 Å². The van der Waals surface area contributed by atoms with Crippen LogP contribution in [-0.2, 0) is 4.79 Å². The van der Waals surface area contributed by atoms with Crippen LogP contribution in [0.2, 0.25) is 0 Å². The van der Waals surface area contributed by atoms with Crippen LogP contribution in [0.4, 0.5) is 10.5 Å². The molecule has 0 radical (unpaired) electrons. The first-order chi connectivity index (χ1) is 12.7. The lowest BCUT2D eigenvalue weighted by atomic mass is 9.95. The molecule has 2 unspecified atom stereocenters. The number of amides is 3. The highest BCUT2D eigenvalue weighted by Gasteiger charge is 2.34. The molecule has 6 heteroatoms. The van der Waals surface area contributed by atoms with Crippen molar-refractivity contribution in [3.8, 4) is 0 Å². The Morgan fingerprint density at radius 2 is 2.08 bits per heavy atom. The van der Waals surface area contributed by atoms with Crippen LogP contribution in [0.3, 0.4) is 0 Å². The van der Waals surface area contributed by atoms with Crippen LogP contribution < -0.4 is 10.6 Å². The molecule has 2 atom stereocenters. The summed E-state index contributed by atoms with van der Waals surface area (Å²) in [6.45, 7) is 6.01. The van der Waals surface area contributed by atoms with Gasteiger partial charge in [-0.25, -0.2) is 4.79 Å². The zero-order chi connectivity index (χ0) is 18.4. The summed E-state index contributed by atoms with van der Waals surface area (Å²) in [5, 5.41) is 6.29. The monoisotopic (exact) mass is 358 g/mol. The van der Waals surface area contributed by atoms with Crippen molar-refractivity contribution in [2.75, 3.05) is 38.0 Å². The van der Waals surface area contributed by atoms with E-state index in [1.807, 2.05) is 30.3 Å². The normalized spacial score (nSPS) is 22.9. The van der Waals surface area contributed by atoms with Gasteiger partial charge in [-0.2, -0.15) is 0 Å². The standard InChI is InChI=1S/C20H30N4O2/c1-2-12-24(18-10-11-21-14-18)19(25)16-7-6-13-23(15-16)20(26)22-17-8-4-3-5-9-17/h3-5,8-9,16,18,21H,2,6-7,10-15H2,1H3,(H,22,26). The van der Waals surface area contributed by atoms with Gasteiger partial charge in [0.2, 0.25) is 5.91 Å². The summed E-state index contributed by atoms with van der Waals surface area (Å²) in [5.41, 5.74) is 0.788. The number of hydrogen-bond acceptors (Lipinski definition) is 3. The summed E-state index contributed by atoms with van der Waals surface area (Å²) in [5.74, 6) is 0.134. The third-order valence-corrected chi connectivity index (χ3v) is 5.31. The molecule has 1 aromatic rings. The fourth-order valence-electron chi connectivity index (χ4n) is 3.94. The van der Waals surface area contributed by atoms with Crippen LogP contribution in [0.15, 0.2) is 30.3 Å². The first-order valence-corrected chi connectivity index (χ1v) is 9.81. The molecular weight excluding hydrogens is 328 g/mol. The van der Waals surface area contributed by atoms with Crippen LogP contribution >= 0.6 is 0 Å². The summed E-state index contributed by atoms with van der Waals surface area (Å²) in [7, 11) is 0. The first kappa shape index (κ1) is 18.7. The highest BCUT2D eigenvalue weighted by atomic mass is 16.2.